The average molecular weight is 311 g/mol. The third-order valence-corrected chi connectivity index (χ3v) is 3.60. The summed E-state index contributed by atoms with van der Waals surface area (Å²) in [5.41, 5.74) is 8.16. The number of nitrogens with two attached hydrogens (primary N) is 1. The topological polar surface area (TPSA) is 84.2 Å². The van der Waals surface area contributed by atoms with Gasteiger partial charge in [-0.25, -0.2) is 4.79 Å². The monoisotopic (exact) mass is 311 g/mol. The van der Waals surface area contributed by atoms with Gasteiger partial charge in [-0.2, -0.15) is 0 Å². The van der Waals surface area contributed by atoms with Gasteiger partial charge < -0.3 is 16.4 Å². The van der Waals surface area contributed by atoms with Gasteiger partial charge in [-0.1, -0.05) is 54.6 Å². The minimum Gasteiger partial charge on any atom is -0.352 e. The van der Waals surface area contributed by atoms with Crippen molar-refractivity contribution in [3.63, 3.8) is 0 Å². The summed E-state index contributed by atoms with van der Waals surface area (Å²) in [6.45, 7) is 2.39. The molecule has 0 aliphatic heterocycles. The number of hydrogen-bond acceptors (Lipinski definition) is 2. The van der Waals surface area contributed by atoms with Crippen molar-refractivity contribution in [3.8, 4) is 0 Å². The molecule has 23 heavy (non-hydrogen) atoms. The van der Waals surface area contributed by atoms with Crippen molar-refractivity contribution >= 4 is 11.9 Å². The van der Waals surface area contributed by atoms with Crippen LogP contribution >= 0.6 is 0 Å². The van der Waals surface area contributed by atoms with Gasteiger partial charge in [0.25, 0.3) is 0 Å². The van der Waals surface area contributed by atoms with Crippen molar-refractivity contribution in [3.05, 3.63) is 71.3 Å². The molecular weight excluding hydrogens is 290 g/mol. The van der Waals surface area contributed by atoms with E-state index in [0.717, 1.165) is 16.7 Å². The molecule has 3 amide bonds. The molecule has 5 nitrogen and oxygen atoms in total. The molecule has 0 spiro atoms. The minimum atomic E-state index is -0.644. The van der Waals surface area contributed by atoms with Gasteiger partial charge in [0.2, 0.25) is 5.91 Å². The fraction of sp³-hybridized carbons (Fsp3) is 0.222. The number of carbonyl (C=O) groups excluding carboxylic acids is 2. The number of primary amides is 1. The lowest BCUT2D eigenvalue weighted by Crippen LogP contribution is -2.36. The zero-order valence-electron chi connectivity index (χ0n) is 13.1. The summed E-state index contributed by atoms with van der Waals surface area (Å²) in [7, 11) is 0. The van der Waals surface area contributed by atoms with Gasteiger partial charge >= 0.3 is 6.03 Å². The predicted octanol–water partition coefficient (Wildman–Crippen LogP) is 2.41. The number of hydrogen-bond donors (Lipinski definition) is 3. The molecule has 0 heterocycles. The zero-order valence-corrected chi connectivity index (χ0v) is 13.1. The lowest BCUT2D eigenvalue weighted by atomic mass is 9.98. The third-order valence-electron chi connectivity index (χ3n) is 3.60. The van der Waals surface area contributed by atoms with Crippen LogP contribution in [0, 0.1) is 6.92 Å². The molecular formula is C18H21N3O2. The van der Waals surface area contributed by atoms with Crippen molar-refractivity contribution in [1.82, 2.24) is 10.6 Å². The normalized spacial score (nSPS) is 11.5. The van der Waals surface area contributed by atoms with E-state index in [1.54, 1.807) is 0 Å². The fourth-order valence-electron chi connectivity index (χ4n) is 2.44. The van der Waals surface area contributed by atoms with Crippen molar-refractivity contribution in [2.24, 2.45) is 5.73 Å². The van der Waals surface area contributed by atoms with Crippen LogP contribution in [0.15, 0.2) is 54.6 Å². The second-order valence-corrected chi connectivity index (χ2v) is 5.38. The standard InChI is InChI=1S/C18H21N3O2/c1-13-7-5-6-10-15(13)16(21-18(19)23)11-17(22)20-12-14-8-3-2-4-9-14/h2-10,16H,11-12H2,1H3,(H,20,22)(H3,19,21,23)/t16-/m0/s1. The van der Waals surface area contributed by atoms with Crippen LogP contribution in [0.4, 0.5) is 4.79 Å². The highest BCUT2D eigenvalue weighted by Gasteiger charge is 2.18. The molecule has 4 N–H and O–H groups in total. The lowest BCUT2D eigenvalue weighted by molar-refractivity contribution is -0.121. The number of amides is 3. The first-order valence-corrected chi connectivity index (χ1v) is 7.48. The number of aryl methyl sites for hydroxylation is 1. The van der Waals surface area contributed by atoms with Crippen LogP contribution in [-0.4, -0.2) is 11.9 Å². The lowest BCUT2D eigenvalue weighted by Gasteiger charge is -2.19. The Hall–Kier alpha value is -2.82. The number of carbonyl (C=O) groups is 2. The number of rotatable bonds is 6. The molecule has 5 heteroatoms. The molecule has 0 bridgehead atoms. The molecule has 0 fully saturated rings. The third kappa shape index (κ3) is 5.14. The van der Waals surface area contributed by atoms with Gasteiger partial charge in [0.05, 0.1) is 12.5 Å². The SMILES string of the molecule is Cc1ccccc1[C@H](CC(=O)NCc1ccccc1)NC(N)=O. The summed E-state index contributed by atoms with van der Waals surface area (Å²) < 4.78 is 0. The second kappa shape index (κ2) is 7.98. The van der Waals surface area contributed by atoms with Gasteiger partial charge in [0.1, 0.15) is 0 Å². The largest absolute Gasteiger partial charge is 0.352 e. The van der Waals surface area contributed by atoms with Gasteiger partial charge in [-0.05, 0) is 23.6 Å². The van der Waals surface area contributed by atoms with Crippen LogP contribution in [0.25, 0.3) is 0 Å². The average Bonchev–Trinajstić information content (AvgIpc) is 2.53. The molecule has 0 radical (unpaired) electrons. The molecule has 2 rings (SSSR count). The van der Waals surface area contributed by atoms with Crippen LogP contribution in [0.3, 0.4) is 0 Å². The Balaban J connectivity index is 2.01. The molecule has 1 atom stereocenters. The van der Waals surface area contributed by atoms with Crippen LogP contribution in [0.5, 0.6) is 0 Å². The Morgan fingerprint density at radius 3 is 2.35 bits per heavy atom. The van der Waals surface area contributed by atoms with Crippen molar-refractivity contribution in [2.75, 3.05) is 0 Å². The molecule has 0 aromatic heterocycles. The van der Waals surface area contributed by atoms with Crippen LogP contribution in [-0.2, 0) is 11.3 Å². The fourth-order valence-corrected chi connectivity index (χ4v) is 2.44. The smallest absolute Gasteiger partial charge is 0.312 e. The Labute approximate surface area is 135 Å². The Kier molecular flexibility index (Phi) is 5.74. The molecule has 0 unspecified atom stereocenters. The quantitative estimate of drug-likeness (QED) is 0.765. The van der Waals surface area contributed by atoms with E-state index in [1.807, 2.05) is 61.5 Å². The van der Waals surface area contributed by atoms with E-state index in [9.17, 15) is 9.59 Å². The highest BCUT2D eigenvalue weighted by atomic mass is 16.2. The van der Waals surface area contributed by atoms with Gasteiger partial charge in [0, 0.05) is 6.54 Å². The maximum Gasteiger partial charge on any atom is 0.312 e. The van der Waals surface area contributed by atoms with E-state index in [2.05, 4.69) is 10.6 Å². The first-order chi connectivity index (χ1) is 11.1. The van der Waals surface area contributed by atoms with Crippen LogP contribution in [0.2, 0.25) is 0 Å². The summed E-state index contributed by atoms with van der Waals surface area (Å²) in [6, 6.07) is 16.2. The second-order valence-electron chi connectivity index (χ2n) is 5.38. The van der Waals surface area contributed by atoms with Gasteiger partial charge in [0.15, 0.2) is 0 Å². The Bertz CT molecular complexity index is 671. The highest BCUT2D eigenvalue weighted by molar-refractivity contribution is 5.78. The van der Waals surface area contributed by atoms with Crippen LogP contribution < -0.4 is 16.4 Å². The first kappa shape index (κ1) is 16.5. The van der Waals surface area contributed by atoms with E-state index in [4.69, 9.17) is 5.73 Å². The molecule has 0 aliphatic rings. The molecule has 2 aromatic rings. The molecule has 120 valence electrons. The van der Waals surface area contributed by atoms with Crippen LogP contribution in [0.1, 0.15) is 29.2 Å². The molecule has 0 saturated heterocycles. The number of urea groups is 1. The number of nitrogens with one attached hydrogen (secondary N) is 2. The van der Waals surface area contributed by atoms with E-state index in [-0.39, 0.29) is 12.3 Å². The summed E-state index contributed by atoms with van der Waals surface area (Å²) in [4.78, 5) is 23.4. The summed E-state index contributed by atoms with van der Waals surface area (Å²) in [5, 5.41) is 5.50. The Morgan fingerprint density at radius 2 is 1.70 bits per heavy atom. The van der Waals surface area contributed by atoms with E-state index >= 15 is 0 Å². The maximum absolute atomic E-state index is 12.2. The summed E-state index contributed by atoms with van der Waals surface area (Å²) in [5.74, 6) is -0.143. The highest BCUT2D eigenvalue weighted by Crippen LogP contribution is 2.20. The van der Waals surface area contributed by atoms with E-state index in [1.165, 1.54) is 0 Å². The van der Waals surface area contributed by atoms with E-state index < -0.39 is 12.1 Å². The first-order valence-electron chi connectivity index (χ1n) is 7.48. The molecule has 2 aromatic carbocycles. The predicted molar refractivity (Wildman–Crippen MR) is 89.5 cm³/mol. The summed E-state index contributed by atoms with van der Waals surface area (Å²) in [6.07, 6.45) is 0.140. The minimum absolute atomic E-state index is 0.140. The molecule has 0 saturated carbocycles. The van der Waals surface area contributed by atoms with E-state index in [0.29, 0.717) is 6.54 Å². The van der Waals surface area contributed by atoms with Crippen molar-refractivity contribution in [1.29, 1.82) is 0 Å². The van der Waals surface area contributed by atoms with Crippen molar-refractivity contribution < 1.29 is 9.59 Å². The number of benzene rings is 2. The van der Waals surface area contributed by atoms with Crippen molar-refractivity contribution in [2.45, 2.75) is 25.9 Å². The summed E-state index contributed by atoms with van der Waals surface area (Å²) >= 11 is 0. The maximum atomic E-state index is 12.2. The molecule has 0 aliphatic carbocycles. The van der Waals surface area contributed by atoms with Gasteiger partial charge in [-0.3, -0.25) is 4.79 Å². The van der Waals surface area contributed by atoms with Gasteiger partial charge in [-0.15, -0.1) is 0 Å². The Morgan fingerprint density at radius 1 is 1.04 bits per heavy atom. The zero-order chi connectivity index (χ0) is 16.7.